The number of halogens is 4. The van der Waals surface area contributed by atoms with Crippen molar-refractivity contribution in [1.82, 2.24) is 10.2 Å². The first kappa shape index (κ1) is 27.8. The van der Waals surface area contributed by atoms with Gasteiger partial charge in [0.05, 0.1) is 6.54 Å². The van der Waals surface area contributed by atoms with Gasteiger partial charge in [0.1, 0.15) is 5.82 Å². The highest BCUT2D eigenvalue weighted by Crippen LogP contribution is 2.18. The number of nitrogens with one attached hydrogen (secondary N) is 1. The highest BCUT2D eigenvalue weighted by molar-refractivity contribution is 5.97. The van der Waals surface area contributed by atoms with Crippen molar-refractivity contribution in [3.63, 3.8) is 0 Å². The summed E-state index contributed by atoms with van der Waals surface area (Å²) in [6.07, 6.45) is -3.21. The number of nitrogens with zero attached hydrogens (tertiary/aromatic N) is 2. The molecule has 0 saturated carbocycles. The predicted molar refractivity (Wildman–Crippen MR) is 122 cm³/mol. The molecular weight excluding hydrogens is 470 g/mol. The van der Waals surface area contributed by atoms with E-state index < -0.39 is 12.1 Å². The van der Waals surface area contributed by atoms with Crippen LogP contribution in [0.5, 0.6) is 0 Å². The monoisotopic (exact) mass is 497 g/mol. The van der Waals surface area contributed by atoms with E-state index in [0.29, 0.717) is 24.6 Å². The van der Waals surface area contributed by atoms with Crippen LogP contribution in [0.25, 0.3) is 0 Å². The first-order valence-corrected chi connectivity index (χ1v) is 10.8. The van der Waals surface area contributed by atoms with Gasteiger partial charge >= 0.3 is 18.2 Å². The molecule has 2 N–H and O–H groups in total. The Morgan fingerprint density at radius 1 is 1.03 bits per heavy atom. The molecule has 0 atom stereocenters. The van der Waals surface area contributed by atoms with Crippen LogP contribution in [0.4, 0.5) is 28.0 Å². The largest absolute Gasteiger partial charge is 0.490 e. The molecule has 2 amide bonds. The summed E-state index contributed by atoms with van der Waals surface area (Å²) in [5.74, 6) is -2.67. The maximum Gasteiger partial charge on any atom is 0.490 e. The molecule has 190 valence electrons. The molecule has 0 spiro atoms. The van der Waals surface area contributed by atoms with E-state index in [4.69, 9.17) is 9.90 Å². The van der Waals surface area contributed by atoms with E-state index in [2.05, 4.69) is 10.2 Å². The fourth-order valence-corrected chi connectivity index (χ4v) is 3.40. The molecule has 0 radical (unpaired) electrons. The predicted octanol–water partition coefficient (Wildman–Crippen LogP) is 4.20. The fraction of sp³-hybridized carbons (Fsp3) is 0.375. The summed E-state index contributed by atoms with van der Waals surface area (Å²) in [6, 6.07) is 15.1. The number of anilines is 1. The van der Waals surface area contributed by atoms with Crippen LogP contribution >= 0.6 is 0 Å². The van der Waals surface area contributed by atoms with Crippen LogP contribution in [0.2, 0.25) is 0 Å². The first-order valence-electron chi connectivity index (χ1n) is 10.8. The number of hydrogen-bond acceptors (Lipinski definition) is 4. The van der Waals surface area contributed by atoms with Crippen LogP contribution in [-0.2, 0) is 4.79 Å². The molecular formula is C24H27F4N3O4. The molecule has 0 aromatic heterocycles. The minimum Gasteiger partial charge on any atom is -0.475 e. The summed E-state index contributed by atoms with van der Waals surface area (Å²) in [5.41, 5.74) is 1.40. The molecule has 11 heteroatoms. The number of ketones is 1. The normalized spacial score (nSPS) is 14.4. The molecule has 2 aromatic carbocycles. The smallest absolute Gasteiger partial charge is 0.475 e. The van der Waals surface area contributed by atoms with E-state index >= 15 is 0 Å². The van der Waals surface area contributed by atoms with Crippen LogP contribution in [0.15, 0.2) is 54.6 Å². The summed E-state index contributed by atoms with van der Waals surface area (Å²) >= 11 is 0. The van der Waals surface area contributed by atoms with E-state index in [1.54, 1.807) is 11.9 Å². The molecule has 7 nitrogen and oxygen atoms in total. The van der Waals surface area contributed by atoms with Gasteiger partial charge < -0.3 is 10.4 Å². The number of carboxylic acid groups (broad SMARTS) is 1. The molecule has 0 bridgehead atoms. The molecule has 0 aliphatic carbocycles. The lowest BCUT2D eigenvalue weighted by molar-refractivity contribution is -0.192. The second-order valence-electron chi connectivity index (χ2n) is 8.03. The maximum absolute atomic E-state index is 13.0. The summed E-state index contributed by atoms with van der Waals surface area (Å²) < 4.78 is 44.7. The third-order valence-corrected chi connectivity index (χ3v) is 5.47. The molecule has 1 aliphatic heterocycles. The zero-order valence-corrected chi connectivity index (χ0v) is 19.1. The number of rotatable bonds is 6. The number of aliphatic carboxylic acids is 1. The van der Waals surface area contributed by atoms with Gasteiger partial charge in [-0.3, -0.25) is 14.6 Å². The number of amides is 2. The minimum absolute atomic E-state index is 0.0104. The third-order valence-electron chi connectivity index (χ3n) is 5.47. The number of alkyl halides is 3. The van der Waals surface area contributed by atoms with Crippen molar-refractivity contribution in [2.24, 2.45) is 5.92 Å². The quantitative estimate of drug-likeness (QED) is 0.461. The summed E-state index contributed by atoms with van der Waals surface area (Å²) in [4.78, 5) is 37.2. The molecule has 1 aliphatic rings. The van der Waals surface area contributed by atoms with Crippen molar-refractivity contribution < 1.29 is 37.1 Å². The Hall–Kier alpha value is -3.47. The van der Waals surface area contributed by atoms with Gasteiger partial charge in [-0.15, -0.1) is 0 Å². The molecule has 0 unspecified atom stereocenters. The van der Waals surface area contributed by atoms with Crippen molar-refractivity contribution in [3.05, 3.63) is 66.0 Å². The summed E-state index contributed by atoms with van der Waals surface area (Å²) in [5, 5.41) is 10.1. The lowest BCUT2D eigenvalue weighted by Gasteiger charge is -2.31. The van der Waals surface area contributed by atoms with Gasteiger partial charge in [-0.25, -0.2) is 14.0 Å². The zero-order chi connectivity index (χ0) is 26.0. The number of carboxylic acids is 1. The number of carbonyl (C=O) groups is 3. The number of urea groups is 1. The van der Waals surface area contributed by atoms with Crippen LogP contribution in [0, 0.1) is 11.7 Å². The zero-order valence-electron chi connectivity index (χ0n) is 19.1. The molecule has 1 heterocycles. The lowest BCUT2D eigenvalue weighted by Crippen LogP contribution is -2.43. The van der Waals surface area contributed by atoms with E-state index in [0.717, 1.165) is 31.6 Å². The standard InChI is InChI=1S/C22H26FN3O2.C2HF3O2/c1-25(20-5-3-2-4-6-20)22(28)24-15-17-11-13-26(14-12-17)16-21(27)18-7-9-19(23)10-8-18;3-2(4,5)1(6)7/h2-10,17H,11-16H2,1H3,(H,24,28);(H,6,7). The van der Waals surface area contributed by atoms with Crippen LogP contribution in [0.3, 0.4) is 0 Å². The van der Waals surface area contributed by atoms with Gasteiger partial charge in [0.2, 0.25) is 0 Å². The SMILES string of the molecule is CN(C(=O)NCC1CCN(CC(=O)c2ccc(F)cc2)CC1)c1ccccc1.O=C(O)C(F)(F)F. The van der Waals surface area contributed by atoms with E-state index in [-0.39, 0.29) is 17.6 Å². The molecule has 1 fully saturated rings. The highest BCUT2D eigenvalue weighted by atomic mass is 19.4. The average Bonchev–Trinajstić information content (AvgIpc) is 2.83. The number of para-hydroxylation sites is 1. The van der Waals surface area contributed by atoms with E-state index in [1.165, 1.54) is 24.3 Å². The average molecular weight is 497 g/mol. The Kier molecular flexibility index (Phi) is 10.2. The number of hydrogen-bond donors (Lipinski definition) is 2. The molecule has 2 aromatic rings. The fourth-order valence-electron chi connectivity index (χ4n) is 3.40. The van der Waals surface area contributed by atoms with Crippen LogP contribution < -0.4 is 10.2 Å². The van der Waals surface area contributed by atoms with Crippen LogP contribution in [-0.4, -0.2) is 67.2 Å². The summed E-state index contributed by atoms with van der Waals surface area (Å²) in [7, 11) is 1.76. The molecule has 35 heavy (non-hydrogen) atoms. The van der Waals surface area contributed by atoms with Crippen molar-refractivity contribution in [3.8, 4) is 0 Å². The maximum atomic E-state index is 13.0. The second-order valence-corrected chi connectivity index (χ2v) is 8.03. The van der Waals surface area contributed by atoms with E-state index in [9.17, 15) is 27.2 Å². The number of carbonyl (C=O) groups excluding carboxylic acids is 2. The van der Waals surface area contributed by atoms with Crippen molar-refractivity contribution in [2.75, 3.05) is 38.1 Å². The van der Waals surface area contributed by atoms with Gasteiger partial charge in [-0.2, -0.15) is 13.2 Å². The number of likely N-dealkylation sites (tertiary alicyclic amines) is 1. The lowest BCUT2D eigenvalue weighted by atomic mass is 9.96. The Balaban J connectivity index is 0.000000540. The van der Waals surface area contributed by atoms with Gasteiger partial charge in [-0.05, 0) is 68.2 Å². The Morgan fingerprint density at radius 3 is 2.09 bits per heavy atom. The topological polar surface area (TPSA) is 90.0 Å². The molecule has 3 rings (SSSR count). The van der Waals surface area contributed by atoms with Crippen LogP contribution in [0.1, 0.15) is 23.2 Å². The highest BCUT2D eigenvalue weighted by Gasteiger charge is 2.38. The Bertz CT molecular complexity index is 977. The minimum atomic E-state index is -5.08. The van der Waals surface area contributed by atoms with Gasteiger partial charge in [0.25, 0.3) is 0 Å². The Labute approximate surface area is 200 Å². The van der Waals surface area contributed by atoms with Gasteiger partial charge in [0, 0.05) is 24.8 Å². The Morgan fingerprint density at radius 2 is 1.57 bits per heavy atom. The van der Waals surface area contributed by atoms with Crippen molar-refractivity contribution in [1.29, 1.82) is 0 Å². The number of piperidine rings is 1. The first-order chi connectivity index (χ1) is 16.5. The van der Waals surface area contributed by atoms with Crippen molar-refractivity contribution in [2.45, 2.75) is 19.0 Å². The van der Waals surface area contributed by atoms with E-state index in [1.807, 2.05) is 30.3 Å². The number of benzene rings is 2. The van der Waals surface area contributed by atoms with Gasteiger partial charge in [-0.1, -0.05) is 18.2 Å². The summed E-state index contributed by atoms with van der Waals surface area (Å²) in [6.45, 7) is 2.63. The number of Topliss-reactive ketones (excluding diaryl/α,β-unsaturated/α-hetero) is 1. The van der Waals surface area contributed by atoms with Crippen molar-refractivity contribution >= 4 is 23.5 Å². The third kappa shape index (κ3) is 9.36. The second kappa shape index (κ2) is 12.8. The molecule has 1 saturated heterocycles. The van der Waals surface area contributed by atoms with Gasteiger partial charge in [0.15, 0.2) is 5.78 Å².